The number of hydrogen-bond acceptors (Lipinski definition) is 10. The first-order valence-corrected chi connectivity index (χ1v) is 11.5. The van der Waals surface area contributed by atoms with E-state index in [2.05, 4.69) is 20.3 Å². The average Bonchev–Trinajstić information content (AvgIpc) is 3.23. The molecule has 1 fully saturated rings. The first-order chi connectivity index (χ1) is 14.3. The third-order valence-electron chi connectivity index (χ3n) is 3.97. The zero-order valence-corrected chi connectivity index (χ0v) is 17.9. The minimum Gasteiger partial charge on any atom is -0.479 e. The maximum atomic E-state index is 12.7. The van der Waals surface area contributed by atoms with Gasteiger partial charge in [-0.05, 0) is 5.75 Å². The third kappa shape index (κ3) is 4.44. The molecular weight excluding hydrogens is 456 g/mol. The average molecular weight is 473 g/mol. The fourth-order valence-electron chi connectivity index (χ4n) is 2.77. The summed E-state index contributed by atoms with van der Waals surface area (Å²) >= 11 is 3.91. The number of nitrogens with zero attached hydrogens (tertiary/aromatic N) is 3. The van der Waals surface area contributed by atoms with Crippen molar-refractivity contribution in [2.75, 3.05) is 18.1 Å². The van der Waals surface area contributed by atoms with Gasteiger partial charge in [0.05, 0.1) is 5.51 Å². The van der Waals surface area contributed by atoms with Crippen LogP contribution in [0.2, 0.25) is 0 Å². The van der Waals surface area contributed by atoms with Crippen molar-refractivity contribution in [2.45, 2.75) is 18.3 Å². The summed E-state index contributed by atoms with van der Waals surface area (Å²) in [7, 11) is 0. The molecule has 1 aromatic heterocycles. The second-order valence-electron chi connectivity index (χ2n) is 5.85. The molecule has 0 aliphatic carbocycles. The van der Waals surface area contributed by atoms with Crippen LogP contribution in [0.5, 0.6) is 0 Å². The van der Waals surface area contributed by atoms with Crippen LogP contribution in [0.15, 0.2) is 26.6 Å². The molecule has 14 heteroatoms. The van der Waals surface area contributed by atoms with Gasteiger partial charge in [0.2, 0.25) is 6.61 Å². The summed E-state index contributed by atoms with van der Waals surface area (Å²) in [5, 5.41) is 25.3. The standard InChI is InChI=1S/C16H16N4O7S3/c1-2-29-8-5-30-15-11(14(24)20(15)12(8)16(25)26)18-13(23)10(7-4-28-6-17-7)19-27-3-9(21)22/h4,6,11,15H,2-3,5H2,1H3,(H,18,23)(H,21,22)(H,25,26)/b19-10+. The Morgan fingerprint density at radius 1 is 1.43 bits per heavy atom. The number of carbonyl (C=O) groups is 4. The van der Waals surface area contributed by atoms with E-state index in [1.54, 1.807) is 0 Å². The van der Waals surface area contributed by atoms with Gasteiger partial charge in [0.1, 0.15) is 22.8 Å². The van der Waals surface area contributed by atoms with E-state index >= 15 is 0 Å². The molecule has 0 aromatic carbocycles. The van der Waals surface area contributed by atoms with E-state index in [4.69, 9.17) is 5.11 Å². The number of rotatable bonds is 9. The van der Waals surface area contributed by atoms with E-state index in [1.165, 1.54) is 50.7 Å². The molecular formula is C16H16N4O7S3. The zero-order chi connectivity index (χ0) is 21.8. The van der Waals surface area contributed by atoms with Crippen molar-refractivity contribution >= 4 is 64.3 Å². The number of oxime groups is 1. The number of carboxylic acids is 2. The molecule has 2 aliphatic heterocycles. The van der Waals surface area contributed by atoms with Crippen LogP contribution in [0.4, 0.5) is 0 Å². The van der Waals surface area contributed by atoms with Crippen LogP contribution in [0.25, 0.3) is 0 Å². The highest BCUT2D eigenvalue weighted by molar-refractivity contribution is 8.06. The number of thiazole rings is 1. The Labute approximate surface area is 182 Å². The first kappa shape index (κ1) is 22.1. The monoisotopic (exact) mass is 472 g/mol. The van der Waals surface area contributed by atoms with E-state index < -0.39 is 41.8 Å². The normalized spacial score (nSPS) is 21.0. The number of aromatic nitrogens is 1. The van der Waals surface area contributed by atoms with E-state index in [9.17, 15) is 24.3 Å². The summed E-state index contributed by atoms with van der Waals surface area (Å²) in [4.78, 5) is 58.1. The number of carboxylic acid groups (broad SMARTS) is 2. The van der Waals surface area contributed by atoms with Crippen molar-refractivity contribution in [3.05, 3.63) is 27.2 Å². The van der Waals surface area contributed by atoms with Crippen molar-refractivity contribution in [3.63, 3.8) is 0 Å². The summed E-state index contributed by atoms with van der Waals surface area (Å²) < 4.78 is 0. The Morgan fingerprint density at radius 2 is 2.20 bits per heavy atom. The quantitative estimate of drug-likeness (QED) is 0.261. The summed E-state index contributed by atoms with van der Waals surface area (Å²) in [6.45, 7) is 1.14. The fraction of sp³-hybridized carbons (Fsp3) is 0.375. The molecule has 2 amide bonds. The lowest BCUT2D eigenvalue weighted by Gasteiger charge is -2.49. The fourth-order valence-corrected chi connectivity index (χ4v) is 5.71. The number of aliphatic carboxylic acids is 2. The minimum absolute atomic E-state index is 0.0562. The number of β-lactam (4-membered cyclic amide) rings is 1. The number of nitrogens with one attached hydrogen (secondary N) is 1. The van der Waals surface area contributed by atoms with Crippen LogP contribution in [-0.4, -0.2) is 79.1 Å². The second kappa shape index (κ2) is 9.49. The van der Waals surface area contributed by atoms with Gasteiger partial charge < -0.3 is 20.4 Å². The van der Waals surface area contributed by atoms with Gasteiger partial charge in [-0.2, -0.15) is 0 Å². The molecule has 2 unspecified atom stereocenters. The molecule has 2 aliphatic rings. The van der Waals surface area contributed by atoms with E-state index in [0.717, 1.165) is 0 Å². The van der Waals surface area contributed by atoms with Crippen LogP contribution in [0.1, 0.15) is 12.6 Å². The molecule has 3 N–H and O–H groups in total. The Bertz CT molecular complexity index is 931. The molecule has 1 aromatic rings. The largest absolute Gasteiger partial charge is 0.479 e. The summed E-state index contributed by atoms with van der Waals surface area (Å²) in [5.74, 6) is -2.70. The smallest absolute Gasteiger partial charge is 0.353 e. The van der Waals surface area contributed by atoms with Gasteiger partial charge >= 0.3 is 11.9 Å². The maximum absolute atomic E-state index is 12.7. The van der Waals surface area contributed by atoms with Gasteiger partial charge in [-0.25, -0.2) is 14.6 Å². The Hall–Kier alpha value is -2.58. The summed E-state index contributed by atoms with van der Waals surface area (Å²) in [6, 6.07) is -0.951. The van der Waals surface area contributed by atoms with Crippen molar-refractivity contribution in [3.8, 4) is 0 Å². The minimum atomic E-state index is -1.27. The zero-order valence-electron chi connectivity index (χ0n) is 15.4. The van der Waals surface area contributed by atoms with E-state index in [1.807, 2.05) is 6.92 Å². The molecule has 2 atom stereocenters. The number of thioether (sulfide) groups is 2. The van der Waals surface area contributed by atoms with E-state index in [0.29, 0.717) is 16.4 Å². The van der Waals surface area contributed by atoms with Crippen LogP contribution < -0.4 is 5.32 Å². The Morgan fingerprint density at radius 3 is 2.80 bits per heavy atom. The molecule has 3 rings (SSSR count). The van der Waals surface area contributed by atoms with Crippen LogP contribution in [0, 0.1) is 0 Å². The lowest BCUT2D eigenvalue weighted by Crippen LogP contribution is -2.71. The van der Waals surface area contributed by atoms with E-state index in [-0.39, 0.29) is 17.1 Å². The molecule has 1 saturated heterocycles. The number of hydrogen-bond donors (Lipinski definition) is 3. The molecule has 160 valence electrons. The molecule has 11 nitrogen and oxygen atoms in total. The van der Waals surface area contributed by atoms with Crippen molar-refractivity contribution < 1.29 is 34.2 Å². The van der Waals surface area contributed by atoms with Crippen molar-refractivity contribution in [1.82, 2.24) is 15.2 Å². The highest BCUT2D eigenvalue weighted by Crippen LogP contribution is 2.43. The highest BCUT2D eigenvalue weighted by atomic mass is 32.2. The molecule has 0 bridgehead atoms. The van der Waals surface area contributed by atoms with Gasteiger partial charge in [-0.3, -0.25) is 14.5 Å². The maximum Gasteiger partial charge on any atom is 0.353 e. The van der Waals surface area contributed by atoms with Crippen LogP contribution in [0.3, 0.4) is 0 Å². The number of fused-ring (bicyclic) bond motifs is 1. The molecule has 0 saturated carbocycles. The second-order valence-corrected chi connectivity index (χ2v) is 9.03. The predicted octanol–water partition coefficient (Wildman–Crippen LogP) is 0.398. The Kier molecular flexibility index (Phi) is 6.99. The number of amides is 2. The summed E-state index contributed by atoms with van der Waals surface area (Å²) in [6.07, 6.45) is 0. The number of carbonyl (C=O) groups excluding carboxylic acids is 2. The molecule has 0 radical (unpaired) electrons. The van der Waals surface area contributed by atoms with Crippen LogP contribution in [-0.2, 0) is 24.0 Å². The molecule has 3 heterocycles. The lowest BCUT2D eigenvalue weighted by atomic mass is 10.0. The SMILES string of the molecule is CCSC1=C(C(=O)O)N2C(=O)C(NC(=O)/C(=N/OCC(=O)O)c3cscn3)C2SC1. The third-order valence-corrected chi connectivity index (χ3v) is 7.00. The van der Waals surface area contributed by atoms with Crippen LogP contribution >= 0.6 is 34.9 Å². The van der Waals surface area contributed by atoms with Gasteiger partial charge in [0.15, 0.2) is 5.71 Å². The van der Waals surface area contributed by atoms with Gasteiger partial charge in [0, 0.05) is 16.0 Å². The lowest BCUT2D eigenvalue weighted by molar-refractivity contribution is -0.150. The predicted molar refractivity (Wildman–Crippen MR) is 110 cm³/mol. The Balaban J connectivity index is 1.76. The highest BCUT2D eigenvalue weighted by Gasteiger charge is 2.54. The van der Waals surface area contributed by atoms with Gasteiger partial charge in [-0.1, -0.05) is 12.1 Å². The van der Waals surface area contributed by atoms with Gasteiger partial charge in [0.25, 0.3) is 11.8 Å². The van der Waals surface area contributed by atoms with Crippen molar-refractivity contribution in [2.24, 2.45) is 5.16 Å². The molecule has 0 spiro atoms. The summed E-state index contributed by atoms with van der Waals surface area (Å²) in [5.41, 5.74) is 1.29. The topological polar surface area (TPSA) is 158 Å². The van der Waals surface area contributed by atoms with Crippen molar-refractivity contribution in [1.29, 1.82) is 0 Å². The molecule has 30 heavy (non-hydrogen) atoms. The van der Waals surface area contributed by atoms with Gasteiger partial charge in [-0.15, -0.1) is 34.9 Å². The first-order valence-electron chi connectivity index (χ1n) is 8.50.